The van der Waals surface area contributed by atoms with Crippen molar-refractivity contribution in [2.45, 2.75) is 26.2 Å². The van der Waals surface area contributed by atoms with E-state index in [1.165, 1.54) is 0 Å². The van der Waals surface area contributed by atoms with Gasteiger partial charge < -0.3 is 0 Å². The zero-order valence-electron chi connectivity index (χ0n) is 11.3. The summed E-state index contributed by atoms with van der Waals surface area (Å²) < 4.78 is 26.7. The summed E-state index contributed by atoms with van der Waals surface area (Å²) in [5.74, 6) is -1.81. The standard InChI is InChI=1S/C17H16F2O/c1-2-3-4-12-5-7-13(8-6-12)17(20)15-11-14(18)9-10-16(15)19/h5-11H,2-4H2,1H3. The van der Waals surface area contributed by atoms with Gasteiger partial charge in [0.1, 0.15) is 11.6 Å². The van der Waals surface area contributed by atoms with Gasteiger partial charge in [0.2, 0.25) is 0 Å². The second kappa shape index (κ2) is 6.42. The minimum atomic E-state index is -0.702. The summed E-state index contributed by atoms with van der Waals surface area (Å²) in [7, 11) is 0. The Kier molecular flexibility index (Phi) is 4.61. The fourth-order valence-electron chi connectivity index (χ4n) is 2.03. The molecule has 0 aliphatic heterocycles. The Morgan fingerprint density at radius 3 is 2.40 bits per heavy atom. The van der Waals surface area contributed by atoms with Gasteiger partial charge in [0.15, 0.2) is 5.78 Å². The molecule has 0 saturated carbocycles. The Bertz CT molecular complexity index is 603. The van der Waals surface area contributed by atoms with Gasteiger partial charge in [-0.05, 0) is 36.6 Å². The normalized spacial score (nSPS) is 10.6. The Hall–Kier alpha value is -2.03. The van der Waals surface area contributed by atoms with Crippen LogP contribution in [0, 0.1) is 11.6 Å². The Balaban J connectivity index is 2.22. The summed E-state index contributed by atoms with van der Waals surface area (Å²) in [5, 5.41) is 0. The molecule has 1 nitrogen and oxygen atoms in total. The number of carbonyl (C=O) groups excluding carboxylic acids is 1. The summed E-state index contributed by atoms with van der Waals surface area (Å²) >= 11 is 0. The van der Waals surface area contributed by atoms with Gasteiger partial charge >= 0.3 is 0 Å². The molecule has 0 aromatic heterocycles. The van der Waals surface area contributed by atoms with E-state index in [1.807, 2.05) is 12.1 Å². The molecule has 0 amide bonds. The van der Waals surface area contributed by atoms with Crippen molar-refractivity contribution in [1.29, 1.82) is 0 Å². The van der Waals surface area contributed by atoms with Crippen molar-refractivity contribution in [2.24, 2.45) is 0 Å². The largest absolute Gasteiger partial charge is 0.288 e. The number of ketones is 1. The van der Waals surface area contributed by atoms with Crippen LogP contribution in [0.15, 0.2) is 42.5 Å². The van der Waals surface area contributed by atoms with Gasteiger partial charge in [-0.25, -0.2) is 8.78 Å². The van der Waals surface area contributed by atoms with Crippen molar-refractivity contribution < 1.29 is 13.6 Å². The van der Waals surface area contributed by atoms with Crippen molar-refractivity contribution in [3.63, 3.8) is 0 Å². The molecule has 2 rings (SSSR count). The molecule has 0 N–H and O–H groups in total. The molecular formula is C17H16F2O. The summed E-state index contributed by atoms with van der Waals surface area (Å²) in [4.78, 5) is 12.1. The molecule has 0 fully saturated rings. The van der Waals surface area contributed by atoms with Crippen LogP contribution < -0.4 is 0 Å². The van der Waals surface area contributed by atoms with Crippen LogP contribution >= 0.6 is 0 Å². The van der Waals surface area contributed by atoms with Crippen LogP contribution in [0.5, 0.6) is 0 Å². The third-order valence-corrected chi connectivity index (χ3v) is 3.21. The molecule has 2 aromatic carbocycles. The van der Waals surface area contributed by atoms with Gasteiger partial charge in [-0.2, -0.15) is 0 Å². The van der Waals surface area contributed by atoms with E-state index in [4.69, 9.17) is 0 Å². The molecular weight excluding hydrogens is 258 g/mol. The van der Waals surface area contributed by atoms with E-state index < -0.39 is 17.4 Å². The van der Waals surface area contributed by atoms with Gasteiger partial charge in [0.05, 0.1) is 5.56 Å². The summed E-state index contributed by atoms with van der Waals surface area (Å²) in [5.41, 5.74) is 1.28. The molecule has 0 atom stereocenters. The molecule has 0 unspecified atom stereocenters. The first-order valence-electron chi connectivity index (χ1n) is 6.70. The second-order valence-corrected chi connectivity index (χ2v) is 4.75. The highest BCUT2D eigenvalue weighted by molar-refractivity contribution is 6.09. The van der Waals surface area contributed by atoms with Crippen molar-refractivity contribution >= 4 is 5.78 Å². The van der Waals surface area contributed by atoms with Crippen LogP contribution in [0.1, 0.15) is 41.3 Å². The van der Waals surface area contributed by atoms with E-state index in [9.17, 15) is 13.6 Å². The molecule has 20 heavy (non-hydrogen) atoms. The molecule has 3 heteroatoms. The van der Waals surface area contributed by atoms with E-state index >= 15 is 0 Å². The van der Waals surface area contributed by atoms with Crippen molar-refractivity contribution in [2.75, 3.05) is 0 Å². The molecule has 0 radical (unpaired) electrons. The highest BCUT2D eigenvalue weighted by Gasteiger charge is 2.14. The monoisotopic (exact) mass is 274 g/mol. The molecule has 104 valence electrons. The minimum Gasteiger partial charge on any atom is -0.288 e. The number of rotatable bonds is 5. The van der Waals surface area contributed by atoms with E-state index in [-0.39, 0.29) is 5.56 Å². The maximum absolute atomic E-state index is 13.6. The first kappa shape index (κ1) is 14.4. The lowest BCUT2D eigenvalue weighted by Gasteiger charge is -2.05. The highest BCUT2D eigenvalue weighted by Crippen LogP contribution is 2.16. The molecule has 2 aromatic rings. The van der Waals surface area contributed by atoms with Gasteiger partial charge in [-0.1, -0.05) is 37.6 Å². The lowest BCUT2D eigenvalue weighted by molar-refractivity contribution is 0.103. The predicted octanol–water partition coefficient (Wildman–Crippen LogP) is 4.54. The van der Waals surface area contributed by atoms with Crippen LogP contribution in [0.3, 0.4) is 0 Å². The number of halogens is 2. The van der Waals surface area contributed by atoms with Gasteiger partial charge in [-0.3, -0.25) is 4.79 Å². The quantitative estimate of drug-likeness (QED) is 0.732. The van der Waals surface area contributed by atoms with E-state index in [0.29, 0.717) is 5.56 Å². The first-order valence-corrected chi connectivity index (χ1v) is 6.70. The van der Waals surface area contributed by atoms with Crippen LogP contribution in [0.2, 0.25) is 0 Å². The fraction of sp³-hybridized carbons (Fsp3) is 0.235. The molecule has 0 heterocycles. The average Bonchev–Trinajstić information content (AvgIpc) is 2.47. The number of benzene rings is 2. The smallest absolute Gasteiger partial charge is 0.196 e. The average molecular weight is 274 g/mol. The van der Waals surface area contributed by atoms with E-state index in [0.717, 1.165) is 43.0 Å². The lowest BCUT2D eigenvalue weighted by Crippen LogP contribution is -2.05. The minimum absolute atomic E-state index is 0.230. The topological polar surface area (TPSA) is 17.1 Å². The molecule has 0 aliphatic rings. The van der Waals surface area contributed by atoms with E-state index in [2.05, 4.69) is 6.92 Å². The maximum Gasteiger partial charge on any atom is 0.196 e. The van der Waals surface area contributed by atoms with Gasteiger partial charge in [-0.15, -0.1) is 0 Å². The number of unbranched alkanes of at least 4 members (excludes halogenated alkanes) is 1. The molecule has 0 saturated heterocycles. The van der Waals surface area contributed by atoms with Crippen molar-refractivity contribution in [3.8, 4) is 0 Å². The molecule has 0 spiro atoms. The fourth-order valence-corrected chi connectivity index (χ4v) is 2.03. The highest BCUT2D eigenvalue weighted by atomic mass is 19.1. The Morgan fingerprint density at radius 1 is 1.05 bits per heavy atom. The molecule has 0 aliphatic carbocycles. The summed E-state index contributed by atoms with van der Waals surface area (Å²) in [6.45, 7) is 2.12. The lowest BCUT2D eigenvalue weighted by atomic mass is 10.00. The van der Waals surface area contributed by atoms with Crippen LogP contribution in [-0.2, 0) is 6.42 Å². The maximum atomic E-state index is 13.6. The zero-order valence-corrected chi connectivity index (χ0v) is 11.3. The number of hydrogen-bond acceptors (Lipinski definition) is 1. The van der Waals surface area contributed by atoms with Crippen molar-refractivity contribution in [1.82, 2.24) is 0 Å². The number of hydrogen-bond donors (Lipinski definition) is 0. The SMILES string of the molecule is CCCCc1ccc(C(=O)c2cc(F)ccc2F)cc1. The third kappa shape index (κ3) is 3.29. The predicted molar refractivity (Wildman–Crippen MR) is 74.8 cm³/mol. The van der Waals surface area contributed by atoms with Crippen LogP contribution in [-0.4, -0.2) is 5.78 Å². The van der Waals surface area contributed by atoms with Gasteiger partial charge in [0.25, 0.3) is 0 Å². The number of carbonyl (C=O) groups is 1. The summed E-state index contributed by atoms with van der Waals surface area (Å²) in [6, 6.07) is 9.95. The number of aryl methyl sites for hydroxylation is 1. The second-order valence-electron chi connectivity index (χ2n) is 4.75. The van der Waals surface area contributed by atoms with Crippen molar-refractivity contribution in [3.05, 3.63) is 70.8 Å². The Morgan fingerprint density at radius 2 is 1.75 bits per heavy atom. The van der Waals surface area contributed by atoms with Crippen LogP contribution in [0.25, 0.3) is 0 Å². The van der Waals surface area contributed by atoms with Gasteiger partial charge in [0, 0.05) is 5.56 Å². The summed E-state index contributed by atoms with van der Waals surface area (Å²) in [6.07, 6.45) is 3.15. The third-order valence-electron chi connectivity index (χ3n) is 3.21. The van der Waals surface area contributed by atoms with E-state index in [1.54, 1.807) is 12.1 Å². The van der Waals surface area contributed by atoms with Crippen LogP contribution in [0.4, 0.5) is 8.78 Å². The Labute approximate surface area is 117 Å². The first-order chi connectivity index (χ1) is 9.61. The zero-order chi connectivity index (χ0) is 14.5. The molecule has 0 bridgehead atoms.